The van der Waals surface area contributed by atoms with Gasteiger partial charge in [-0.1, -0.05) is 30.4 Å². The number of hydrogen-bond donors (Lipinski definition) is 0. The van der Waals surface area contributed by atoms with Crippen molar-refractivity contribution in [3.63, 3.8) is 0 Å². The van der Waals surface area contributed by atoms with Gasteiger partial charge in [-0.05, 0) is 24.5 Å². The number of rotatable bonds is 7. The van der Waals surface area contributed by atoms with Gasteiger partial charge >= 0.3 is 0 Å². The van der Waals surface area contributed by atoms with Gasteiger partial charge in [0.25, 0.3) is 5.91 Å². The quantitative estimate of drug-likeness (QED) is 0.610. The van der Waals surface area contributed by atoms with E-state index in [4.69, 9.17) is 14.5 Å². The first-order chi connectivity index (χ1) is 13.8. The molecule has 28 heavy (non-hydrogen) atoms. The lowest BCUT2D eigenvalue weighted by atomic mass is 10.1. The molecule has 7 nitrogen and oxygen atoms in total. The monoisotopic (exact) mass is 398 g/mol. The number of ether oxygens (including phenoxy) is 2. The molecule has 0 radical (unpaired) electrons. The summed E-state index contributed by atoms with van der Waals surface area (Å²) >= 11 is 1.53. The first-order valence-corrected chi connectivity index (χ1v) is 10.2. The zero-order valence-electron chi connectivity index (χ0n) is 15.7. The van der Waals surface area contributed by atoms with Crippen molar-refractivity contribution in [1.82, 2.24) is 14.5 Å². The first kappa shape index (κ1) is 18.5. The van der Waals surface area contributed by atoms with E-state index in [1.165, 1.54) is 23.2 Å². The molecule has 0 N–H and O–H groups in total. The van der Waals surface area contributed by atoms with E-state index in [1.807, 2.05) is 22.9 Å². The molecule has 0 bridgehead atoms. The SMILES string of the molecule is CCc1cccc2sc(N(CCCn3ccnc3)C(=O)C3=COCCO3)nc12. The van der Waals surface area contributed by atoms with Crippen LogP contribution in [0.4, 0.5) is 5.13 Å². The maximum absolute atomic E-state index is 13.1. The number of fused-ring (bicyclic) bond motifs is 1. The number of carbonyl (C=O) groups excluding carboxylic acids is 1. The van der Waals surface area contributed by atoms with Gasteiger partial charge in [0.15, 0.2) is 5.13 Å². The summed E-state index contributed by atoms with van der Waals surface area (Å²) in [6.45, 7) is 4.24. The van der Waals surface area contributed by atoms with Crippen molar-refractivity contribution < 1.29 is 14.3 Å². The number of aromatic nitrogens is 3. The van der Waals surface area contributed by atoms with E-state index >= 15 is 0 Å². The highest BCUT2D eigenvalue weighted by atomic mass is 32.1. The molecule has 146 valence electrons. The van der Waals surface area contributed by atoms with Gasteiger partial charge in [-0.2, -0.15) is 0 Å². The Bertz CT molecular complexity index is 981. The number of hydrogen-bond acceptors (Lipinski definition) is 6. The van der Waals surface area contributed by atoms with Gasteiger partial charge in [-0.3, -0.25) is 9.69 Å². The normalized spacial score (nSPS) is 13.7. The highest BCUT2D eigenvalue weighted by Crippen LogP contribution is 2.32. The smallest absolute Gasteiger partial charge is 0.298 e. The third kappa shape index (κ3) is 3.87. The van der Waals surface area contributed by atoms with Gasteiger partial charge in [-0.25, -0.2) is 9.97 Å². The van der Waals surface area contributed by atoms with Gasteiger partial charge in [0.1, 0.15) is 19.5 Å². The Hall–Kier alpha value is -2.87. The van der Waals surface area contributed by atoms with Gasteiger partial charge in [0, 0.05) is 25.5 Å². The summed E-state index contributed by atoms with van der Waals surface area (Å²) in [6.07, 6.45) is 8.51. The minimum Gasteiger partial charge on any atom is -0.494 e. The van der Waals surface area contributed by atoms with Crippen LogP contribution in [0.25, 0.3) is 10.2 Å². The predicted octanol–water partition coefficient (Wildman–Crippen LogP) is 3.37. The molecule has 0 saturated carbocycles. The van der Waals surface area contributed by atoms with Crippen LogP contribution < -0.4 is 4.90 Å². The zero-order chi connectivity index (χ0) is 19.3. The van der Waals surface area contributed by atoms with Crippen LogP contribution in [0.5, 0.6) is 0 Å². The molecule has 4 rings (SSSR count). The molecule has 1 amide bonds. The van der Waals surface area contributed by atoms with Crippen molar-refractivity contribution in [2.45, 2.75) is 26.3 Å². The summed E-state index contributed by atoms with van der Waals surface area (Å²) in [7, 11) is 0. The van der Waals surface area contributed by atoms with Crippen LogP contribution in [0.2, 0.25) is 0 Å². The van der Waals surface area contributed by atoms with Crippen LogP contribution in [0.15, 0.2) is 48.9 Å². The Morgan fingerprint density at radius 3 is 3.04 bits per heavy atom. The molecule has 1 aliphatic rings. The Balaban J connectivity index is 1.61. The van der Waals surface area contributed by atoms with E-state index in [2.05, 4.69) is 18.0 Å². The second-order valence-corrected chi connectivity index (χ2v) is 7.44. The van der Waals surface area contributed by atoms with Crippen LogP contribution in [-0.4, -0.2) is 40.2 Å². The Kier molecular flexibility index (Phi) is 5.57. The molecule has 0 fully saturated rings. The van der Waals surface area contributed by atoms with Crippen LogP contribution in [0, 0.1) is 0 Å². The molecule has 0 spiro atoms. The second-order valence-electron chi connectivity index (χ2n) is 6.43. The number of carbonyl (C=O) groups is 1. The summed E-state index contributed by atoms with van der Waals surface area (Å²) < 4.78 is 13.9. The summed E-state index contributed by atoms with van der Waals surface area (Å²) in [5, 5.41) is 0.682. The maximum Gasteiger partial charge on any atom is 0.298 e. The minimum atomic E-state index is -0.220. The summed E-state index contributed by atoms with van der Waals surface area (Å²) in [6, 6.07) is 6.16. The Morgan fingerprint density at radius 1 is 1.36 bits per heavy atom. The topological polar surface area (TPSA) is 69.5 Å². The van der Waals surface area contributed by atoms with E-state index in [1.54, 1.807) is 17.4 Å². The Morgan fingerprint density at radius 2 is 2.29 bits per heavy atom. The number of thiazole rings is 1. The zero-order valence-corrected chi connectivity index (χ0v) is 16.5. The lowest BCUT2D eigenvalue weighted by molar-refractivity contribution is -0.119. The van der Waals surface area contributed by atoms with E-state index in [-0.39, 0.29) is 11.7 Å². The van der Waals surface area contributed by atoms with Crippen molar-refractivity contribution in [3.05, 3.63) is 54.5 Å². The third-order valence-electron chi connectivity index (χ3n) is 4.57. The largest absolute Gasteiger partial charge is 0.494 e. The van der Waals surface area contributed by atoms with Gasteiger partial charge in [-0.15, -0.1) is 0 Å². The number of amides is 1. The summed E-state index contributed by atoms with van der Waals surface area (Å²) in [5.41, 5.74) is 2.15. The van der Waals surface area contributed by atoms with E-state index in [0.717, 1.165) is 29.6 Å². The number of imidazole rings is 1. The van der Waals surface area contributed by atoms with E-state index in [0.29, 0.717) is 24.9 Å². The third-order valence-corrected chi connectivity index (χ3v) is 5.61. The second kappa shape index (κ2) is 8.43. The van der Waals surface area contributed by atoms with Crippen molar-refractivity contribution in [2.75, 3.05) is 24.7 Å². The van der Waals surface area contributed by atoms with Crippen molar-refractivity contribution in [1.29, 1.82) is 0 Å². The van der Waals surface area contributed by atoms with Crippen LogP contribution in [-0.2, 0) is 27.2 Å². The highest BCUT2D eigenvalue weighted by Gasteiger charge is 2.26. The lowest BCUT2D eigenvalue weighted by Crippen LogP contribution is -2.35. The number of para-hydroxylation sites is 1. The van der Waals surface area contributed by atoms with Gasteiger partial charge < -0.3 is 14.0 Å². The first-order valence-electron chi connectivity index (χ1n) is 9.37. The average molecular weight is 398 g/mol. The lowest BCUT2D eigenvalue weighted by Gasteiger charge is -2.23. The molecule has 8 heteroatoms. The molecule has 0 saturated heterocycles. The minimum absolute atomic E-state index is 0.220. The summed E-state index contributed by atoms with van der Waals surface area (Å²) in [4.78, 5) is 23.7. The summed E-state index contributed by atoms with van der Waals surface area (Å²) in [5.74, 6) is 0.00582. The van der Waals surface area contributed by atoms with Crippen LogP contribution in [0.3, 0.4) is 0 Å². The number of benzene rings is 1. The standard InChI is InChI=1S/C20H22N4O3S/c1-2-15-5-3-6-17-18(15)22-20(28-17)24(9-4-8-23-10-7-21-14-23)19(25)16-13-26-11-12-27-16/h3,5-7,10,13-14H,2,4,8-9,11-12H2,1H3. The predicted molar refractivity (Wildman–Crippen MR) is 108 cm³/mol. The van der Waals surface area contributed by atoms with Crippen molar-refractivity contribution in [3.8, 4) is 0 Å². The molecular weight excluding hydrogens is 376 g/mol. The molecule has 3 aromatic rings. The number of nitrogens with zero attached hydrogens (tertiary/aromatic N) is 4. The van der Waals surface area contributed by atoms with E-state index < -0.39 is 0 Å². The molecule has 0 atom stereocenters. The average Bonchev–Trinajstić information content (AvgIpc) is 3.40. The number of aryl methyl sites for hydroxylation is 2. The van der Waals surface area contributed by atoms with Crippen molar-refractivity contribution in [2.24, 2.45) is 0 Å². The fraction of sp³-hybridized carbons (Fsp3) is 0.350. The fourth-order valence-corrected chi connectivity index (χ4v) is 4.16. The maximum atomic E-state index is 13.1. The molecule has 3 heterocycles. The fourth-order valence-electron chi connectivity index (χ4n) is 3.12. The molecule has 1 aliphatic heterocycles. The highest BCUT2D eigenvalue weighted by molar-refractivity contribution is 7.22. The van der Waals surface area contributed by atoms with Gasteiger partial charge in [0.2, 0.25) is 5.76 Å². The van der Waals surface area contributed by atoms with E-state index in [9.17, 15) is 4.79 Å². The molecule has 0 unspecified atom stereocenters. The molecule has 2 aromatic heterocycles. The van der Waals surface area contributed by atoms with Gasteiger partial charge in [0.05, 0.1) is 16.5 Å². The van der Waals surface area contributed by atoms with Crippen LogP contribution in [0.1, 0.15) is 18.9 Å². The molecule has 1 aromatic carbocycles. The molecule has 0 aliphatic carbocycles. The molecular formula is C20H22N4O3S. The van der Waals surface area contributed by atoms with Crippen molar-refractivity contribution >= 4 is 32.6 Å². The Labute approximate surface area is 167 Å². The van der Waals surface area contributed by atoms with Crippen LogP contribution >= 0.6 is 11.3 Å². The number of anilines is 1.